The van der Waals surface area contributed by atoms with Crippen molar-refractivity contribution >= 4 is 5.97 Å². The summed E-state index contributed by atoms with van der Waals surface area (Å²) in [5.41, 5.74) is -0.662. The SMILES string of the molecule is CCNC(C)(CC(C)OC1CCCC(C)C1)C(=O)OCC. The number of carbonyl (C=O) groups is 1. The van der Waals surface area contributed by atoms with Gasteiger partial charge in [0.15, 0.2) is 0 Å². The molecule has 0 aromatic carbocycles. The van der Waals surface area contributed by atoms with Gasteiger partial charge in [-0.2, -0.15) is 0 Å². The number of rotatable bonds is 8. The molecule has 1 saturated carbocycles. The van der Waals surface area contributed by atoms with Gasteiger partial charge >= 0.3 is 5.97 Å². The summed E-state index contributed by atoms with van der Waals surface area (Å²) in [5, 5.41) is 3.27. The Morgan fingerprint density at radius 2 is 2.10 bits per heavy atom. The summed E-state index contributed by atoms with van der Waals surface area (Å²) in [6, 6.07) is 0. The van der Waals surface area contributed by atoms with E-state index in [-0.39, 0.29) is 12.1 Å². The summed E-state index contributed by atoms with van der Waals surface area (Å²) in [6.45, 7) is 11.3. The summed E-state index contributed by atoms with van der Waals surface area (Å²) in [6.07, 6.45) is 5.89. The molecule has 1 aliphatic carbocycles. The van der Waals surface area contributed by atoms with Crippen molar-refractivity contribution in [3.05, 3.63) is 0 Å². The van der Waals surface area contributed by atoms with E-state index in [0.29, 0.717) is 19.1 Å². The molecular formula is C17H33NO3. The van der Waals surface area contributed by atoms with E-state index >= 15 is 0 Å². The Morgan fingerprint density at radius 1 is 1.38 bits per heavy atom. The molecule has 0 aromatic rings. The Bertz CT molecular complexity index is 321. The second kappa shape index (κ2) is 8.74. The third-order valence-corrected chi connectivity index (χ3v) is 4.30. The lowest BCUT2D eigenvalue weighted by molar-refractivity contribution is -0.153. The molecule has 0 heterocycles. The molecule has 4 nitrogen and oxygen atoms in total. The second-order valence-corrected chi connectivity index (χ2v) is 6.63. The Kier molecular flexibility index (Phi) is 7.67. The molecule has 4 atom stereocenters. The van der Waals surface area contributed by atoms with Gasteiger partial charge in [0.25, 0.3) is 0 Å². The lowest BCUT2D eigenvalue weighted by atomic mass is 9.88. The van der Waals surface area contributed by atoms with E-state index in [2.05, 4.69) is 19.2 Å². The minimum atomic E-state index is -0.662. The summed E-state index contributed by atoms with van der Waals surface area (Å²) in [7, 11) is 0. The first-order valence-corrected chi connectivity index (χ1v) is 8.49. The highest BCUT2D eigenvalue weighted by Crippen LogP contribution is 2.28. The highest BCUT2D eigenvalue weighted by atomic mass is 16.5. The van der Waals surface area contributed by atoms with Crippen molar-refractivity contribution in [2.75, 3.05) is 13.2 Å². The minimum Gasteiger partial charge on any atom is -0.465 e. The van der Waals surface area contributed by atoms with Gasteiger partial charge in [-0.15, -0.1) is 0 Å². The molecule has 0 saturated heterocycles. The molecule has 4 unspecified atom stereocenters. The van der Waals surface area contributed by atoms with E-state index in [1.54, 1.807) is 0 Å². The van der Waals surface area contributed by atoms with E-state index in [1.165, 1.54) is 12.8 Å². The summed E-state index contributed by atoms with van der Waals surface area (Å²) < 4.78 is 11.4. The van der Waals surface area contributed by atoms with E-state index in [4.69, 9.17) is 9.47 Å². The van der Waals surface area contributed by atoms with Crippen LogP contribution in [0.1, 0.15) is 66.7 Å². The molecule has 1 rings (SSSR count). The zero-order valence-electron chi connectivity index (χ0n) is 14.4. The van der Waals surface area contributed by atoms with Gasteiger partial charge in [-0.25, -0.2) is 0 Å². The number of carbonyl (C=O) groups excluding carboxylic acids is 1. The molecule has 1 fully saturated rings. The smallest absolute Gasteiger partial charge is 0.326 e. The van der Waals surface area contributed by atoms with Gasteiger partial charge in [-0.05, 0) is 46.1 Å². The first kappa shape index (κ1) is 18.4. The number of likely N-dealkylation sites (N-methyl/N-ethyl adjacent to an activating group) is 1. The molecule has 0 amide bonds. The molecule has 1 N–H and O–H groups in total. The van der Waals surface area contributed by atoms with Gasteiger partial charge < -0.3 is 14.8 Å². The van der Waals surface area contributed by atoms with Crippen LogP contribution in [0.5, 0.6) is 0 Å². The molecule has 1 aliphatic rings. The predicted octanol–water partition coefficient (Wildman–Crippen LogP) is 3.29. The molecule has 0 spiro atoms. The molecular weight excluding hydrogens is 266 g/mol. The van der Waals surface area contributed by atoms with Crippen LogP contribution >= 0.6 is 0 Å². The summed E-state index contributed by atoms with van der Waals surface area (Å²) >= 11 is 0. The maximum Gasteiger partial charge on any atom is 0.326 e. The van der Waals surface area contributed by atoms with Crippen molar-refractivity contribution in [1.29, 1.82) is 0 Å². The van der Waals surface area contributed by atoms with Crippen molar-refractivity contribution in [3.63, 3.8) is 0 Å². The first-order chi connectivity index (χ1) is 9.91. The van der Waals surface area contributed by atoms with Crippen molar-refractivity contribution < 1.29 is 14.3 Å². The number of esters is 1. The average Bonchev–Trinajstić information content (AvgIpc) is 2.38. The van der Waals surface area contributed by atoms with Crippen LogP contribution in [-0.4, -0.2) is 36.9 Å². The maximum absolute atomic E-state index is 12.2. The van der Waals surface area contributed by atoms with Gasteiger partial charge in [-0.1, -0.05) is 26.7 Å². The molecule has 124 valence electrons. The topological polar surface area (TPSA) is 47.6 Å². The zero-order chi connectivity index (χ0) is 15.9. The standard InChI is InChI=1S/C17H33NO3/c1-6-18-17(5,16(19)20-7-2)12-14(4)21-15-10-8-9-13(3)11-15/h13-15,18H,6-12H2,1-5H3. The van der Waals surface area contributed by atoms with E-state index in [0.717, 1.165) is 25.3 Å². The fourth-order valence-corrected chi connectivity index (χ4v) is 3.36. The van der Waals surface area contributed by atoms with E-state index in [1.807, 2.05) is 20.8 Å². The molecule has 4 heteroatoms. The van der Waals surface area contributed by atoms with Crippen LogP contribution in [0.2, 0.25) is 0 Å². The molecule has 0 aliphatic heterocycles. The highest BCUT2D eigenvalue weighted by Gasteiger charge is 2.36. The quantitative estimate of drug-likeness (QED) is 0.699. The van der Waals surface area contributed by atoms with Crippen LogP contribution in [0.3, 0.4) is 0 Å². The van der Waals surface area contributed by atoms with Gasteiger partial charge in [0.2, 0.25) is 0 Å². The Labute approximate surface area is 130 Å². The number of nitrogens with one attached hydrogen (secondary N) is 1. The molecule has 0 aromatic heterocycles. The van der Waals surface area contributed by atoms with Crippen molar-refractivity contribution in [1.82, 2.24) is 5.32 Å². The Balaban J connectivity index is 2.55. The zero-order valence-corrected chi connectivity index (χ0v) is 14.4. The predicted molar refractivity (Wildman–Crippen MR) is 85.3 cm³/mol. The van der Waals surface area contributed by atoms with E-state index < -0.39 is 5.54 Å². The van der Waals surface area contributed by atoms with Crippen molar-refractivity contribution in [2.45, 2.75) is 84.5 Å². The Morgan fingerprint density at radius 3 is 2.67 bits per heavy atom. The molecule has 0 radical (unpaired) electrons. The highest BCUT2D eigenvalue weighted by molar-refractivity contribution is 5.80. The lowest BCUT2D eigenvalue weighted by Gasteiger charge is -2.34. The molecule has 21 heavy (non-hydrogen) atoms. The number of hydrogen-bond donors (Lipinski definition) is 1. The Hall–Kier alpha value is -0.610. The fraction of sp³-hybridized carbons (Fsp3) is 0.941. The maximum atomic E-state index is 12.2. The average molecular weight is 299 g/mol. The normalized spacial score (nSPS) is 26.9. The van der Waals surface area contributed by atoms with Crippen LogP contribution in [0.15, 0.2) is 0 Å². The van der Waals surface area contributed by atoms with Crippen molar-refractivity contribution in [3.8, 4) is 0 Å². The van der Waals surface area contributed by atoms with Gasteiger partial charge in [0, 0.05) is 6.42 Å². The van der Waals surface area contributed by atoms with Crippen LogP contribution in [0.25, 0.3) is 0 Å². The summed E-state index contributed by atoms with van der Waals surface area (Å²) in [5.74, 6) is 0.570. The third kappa shape index (κ3) is 5.95. The fourth-order valence-electron chi connectivity index (χ4n) is 3.36. The van der Waals surface area contributed by atoms with Gasteiger partial charge in [-0.3, -0.25) is 4.79 Å². The lowest BCUT2D eigenvalue weighted by Crippen LogP contribution is -2.52. The van der Waals surface area contributed by atoms with Crippen molar-refractivity contribution in [2.24, 2.45) is 5.92 Å². The largest absolute Gasteiger partial charge is 0.465 e. The molecule has 0 bridgehead atoms. The van der Waals surface area contributed by atoms with Gasteiger partial charge in [0.05, 0.1) is 18.8 Å². The van der Waals surface area contributed by atoms with Crippen LogP contribution in [-0.2, 0) is 14.3 Å². The minimum absolute atomic E-state index is 0.0498. The van der Waals surface area contributed by atoms with Gasteiger partial charge in [0.1, 0.15) is 5.54 Å². The third-order valence-electron chi connectivity index (χ3n) is 4.30. The van der Waals surface area contributed by atoms with E-state index in [9.17, 15) is 4.79 Å². The first-order valence-electron chi connectivity index (χ1n) is 8.49. The summed E-state index contributed by atoms with van der Waals surface area (Å²) in [4.78, 5) is 12.2. The second-order valence-electron chi connectivity index (χ2n) is 6.63. The number of hydrogen-bond acceptors (Lipinski definition) is 4. The van der Waals surface area contributed by atoms with Crippen LogP contribution in [0.4, 0.5) is 0 Å². The van der Waals surface area contributed by atoms with Crippen LogP contribution in [0, 0.1) is 5.92 Å². The number of ether oxygens (including phenoxy) is 2. The monoisotopic (exact) mass is 299 g/mol. The van der Waals surface area contributed by atoms with Crippen LogP contribution < -0.4 is 5.32 Å².